The summed E-state index contributed by atoms with van der Waals surface area (Å²) in [6.45, 7) is 1.72. The highest BCUT2D eigenvalue weighted by atomic mass is 16.7. The Balaban J connectivity index is 1.48. The van der Waals surface area contributed by atoms with E-state index in [9.17, 15) is 0 Å². The fourth-order valence-electron chi connectivity index (χ4n) is 3.86. The molecule has 0 aromatic rings. The molecule has 3 atom stereocenters. The molecule has 3 aliphatic carbocycles. The van der Waals surface area contributed by atoms with Gasteiger partial charge in [-0.2, -0.15) is 0 Å². The van der Waals surface area contributed by atoms with Gasteiger partial charge in [0, 0.05) is 5.92 Å². The smallest absolute Gasteiger partial charge is 0.160 e. The van der Waals surface area contributed by atoms with Crippen LogP contribution >= 0.6 is 0 Å². The summed E-state index contributed by atoms with van der Waals surface area (Å²) >= 11 is 0. The lowest BCUT2D eigenvalue weighted by molar-refractivity contribution is -0.187. The van der Waals surface area contributed by atoms with E-state index in [2.05, 4.69) is 36.5 Å². The van der Waals surface area contributed by atoms with Crippen LogP contribution in [0.2, 0.25) is 0 Å². The molecule has 23 heavy (non-hydrogen) atoms. The SMILES string of the molecule is C1=CCC(COC(OCC2CC=CCC2)C2CC=CCC2)CC1. The van der Waals surface area contributed by atoms with Gasteiger partial charge in [0.2, 0.25) is 0 Å². The largest absolute Gasteiger partial charge is 0.352 e. The normalized spacial score (nSPS) is 32.1. The van der Waals surface area contributed by atoms with Crippen LogP contribution in [0.3, 0.4) is 0 Å². The molecule has 0 radical (unpaired) electrons. The molecule has 0 aliphatic heterocycles. The van der Waals surface area contributed by atoms with Crippen LogP contribution in [0, 0.1) is 17.8 Å². The van der Waals surface area contributed by atoms with Crippen molar-refractivity contribution in [2.75, 3.05) is 13.2 Å². The molecule has 128 valence electrons. The van der Waals surface area contributed by atoms with E-state index in [-0.39, 0.29) is 6.29 Å². The molecule has 0 fully saturated rings. The van der Waals surface area contributed by atoms with Crippen molar-refractivity contribution in [1.29, 1.82) is 0 Å². The zero-order chi connectivity index (χ0) is 15.7. The predicted octanol–water partition coefficient (Wildman–Crippen LogP) is 5.41. The lowest BCUT2D eigenvalue weighted by atomic mass is 9.92. The average molecular weight is 316 g/mol. The van der Waals surface area contributed by atoms with Crippen LogP contribution in [-0.2, 0) is 9.47 Å². The molecule has 0 heterocycles. The van der Waals surface area contributed by atoms with Gasteiger partial charge in [0.05, 0.1) is 13.2 Å². The van der Waals surface area contributed by atoms with Crippen LogP contribution < -0.4 is 0 Å². The first-order valence-corrected chi connectivity index (χ1v) is 9.60. The van der Waals surface area contributed by atoms with Gasteiger partial charge in [-0.3, -0.25) is 0 Å². The third-order valence-electron chi connectivity index (χ3n) is 5.44. The third kappa shape index (κ3) is 5.61. The highest BCUT2D eigenvalue weighted by Gasteiger charge is 2.25. The van der Waals surface area contributed by atoms with Crippen LogP contribution in [0.4, 0.5) is 0 Å². The first-order chi connectivity index (χ1) is 11.4. The summed E-state index contributed by atoms with van der Waals surface area (Å²) in [6.07, 6.45) is 24.6. The molecule has 2 heteroatoms. The minimum atomic E-state index is -0.00300. The summed E-state index contributed by atoms with van der Waals surface area (Å²) in [5.74, 6) is 1.91. The van der Waals surface area contributed by atoms with Crippen molar-refractivity contribution in [2.24, 2.45) is 17.8 Å². The maximum atomic E-state index is 6.30. The number of ether oxygens (including phenoxy) is 2. The van der Waals surface area contributed by atoms with Crippen molar-refractivity contribution in [3.05, 3.63) is 36.5 Å². The van der Waals surface area contributed by atoms with Gasteiger partial charge in [0.25, 0.3) is 0 Å². The van der Waals surface area contributed by atoms with E-state index in [1.807, 2.05) is 0 Å². The van der Waals surface area contributed by atoms with E-state index in [1.54, 1.807) is 0 Å². The zero-order valence-electron chi connectivity index (χ0n) is 14.4. The summed E-state index contributed by atoms with van der Waals surface area (Å²) in [4.78, 5) is 0. The van der Waals surface area contributed by atoms with Gasteiger partial charge in [0.1, 0.15) is 0 Å². The summed E-state index contributed by atoms with van der Waals surface area (Å²) in [6, 6.07) is 0. The monoisotopic (exact) mass is 316 g/mol. The lowest BCUT2D eigenvalue weighted by Crippen LogP contribution is -2.32. The lowest BCUT2D eigenvalue weighted by Gasteiger charge is -2.31. The summed E-state index contributed by atoms with van der Waals surface area (Å²) in [5, 5.41) is 0. The van der Waals surface area contributed by atoms with Gasteiger partial charge < -0.3 is 9.47 Å². The molecule has 2 nitrogen and oxygen atoms in total. The summed E-state index contributed by atoms with van der Waals surface area (Å²) in [7, 11) is 0. The van der Waals surface area contributed by atoms with Crippen molar-refractivity contribution >= 4 is 0 Å². The predicted molar refractivity (Wildman–Crippen MR) is 95.1 cm³/mol. The Kier molecular flexibility index (Phi) is 6.97. The molecule has 0 N–H and O–H groups in total. The molecule has 0 aromatic carbocycles. The van der Waals surface area contributed by atoms with Crippen LogP contribution in [0.1, 0.15) is 57.8 Å². The van der Waals surface area contributed by atoms with Crippen LogP contribution in [0.15, 0.2) is 36.5 Å². The first kappa shape index (κ1) is 17.0. The second kappa shape index (κ2) is 9.44. The Labute approximate surface area is 141 Å². The molecule has 0 saturated heterocycles. The Bertz CT molecular complexity index is 396. The van der Waals surface area contributed by atoms with Gasteiger partial charge >= 0.3 is 0 Å². The molecule has 0 saturated carbocycles. The Morgan fingerprint density at radius 2 is 1.17 bits per heavy atom. The van der Waals surface area contributed by atoms with E-state index >= 15 is 0 Å². The highest BCUT2D eigenvalue weighted by molar-refractivity contribution is 4.93. The van der Waals surface area contributed by atoms with E-state index in [4.69, 9.17) is 9.47 Å². The van der Waals surface area contributed by atoms with Crippen molar-refractivity contribution in [2.45, 2.75) is 64.1 Å². The summed E-state index contributed by atoms with van der Waals surface area (Å²) < 4.78 is 12.6. The number of rotatable bonds is 7. The maximum Gasteiger partial charge on any atom is 0.160 e. The van der Waals surface area contributed by atoms with E-state index < -0.39 is 0 Å². The minimum absolute atomic E-state index is 0.00300. The van der Waals surface area contributed by atoms with Gasteiger partial charge in [-0.05, 0) is 69.6 Å². The molecular formula is C21H32O2. The van der Waals surface area contributed by atoms with Crippen molar-refractivity contribution in [1.82, 2.24) is 0 Å². The second-order valence-electron chi connectivity index (χ2n) is 7.38. The molecule has 3 aliphatic rings. The molecular weight excluding hydrogens is 284 g/mol. The van der Waals surface area contributed by atoms with Crippen molar-refractivity contribution < 1.29 is 9.47 Å². The Morgan fingerprint density at radius 3 is 1.61 bits per heavy atom. The Morgan fingerprint density at radius 1 is 0.652 bits per heavy atom. The molecule has 0 bridgehead atoms. The Hall–Kier alpha value is -0.860. The zero-order valence-corrected chi connectivity index (χ0v) is 14.4. The molecule has 0 aromatic heterocycles. The second-order valence-corrected chi connectivity index (χ2v) is 7.38. The third-order valence-corrected chi connectivity index (χ3v) is 5.44. The standard InChI is InChI=1S/C21H32O2/c1-4-10-18(11-5-1)16-22-21(20-14-8-3-9-15-20)23-17-19-12-6-2-7-13-19/h1-4,6,8,18-21H,5,7,9-17H2. The fraction of sp³-hybridized carbons (Fsp3) is 0.714. The first-order valence-electron chi connectivity index (χ1n) is 9.60. The summed E-state index contributed by atoms with van der Waals surface area (Å²) in [5.41, 5.74) is 0. The molecule has 3 rings (SSSR count). The molecule has 0 amide bonds. The number of hydrogen-bond donors (Lipinski definition) is 0. The highest BCUT2D eigenvalue weighted by Crippen LogP contribution is 2.28. The number of hydrogen-bond acceptors (Lipinski definition) is 2. The molecule has 0 spiro atoms. The van der Waals surface area contributed by atoms with Gasteiger partial charge in [-0.1, -0.05) is 36.5 Å². The van der Waals surface area contributed by atoms with E-state index in [0.29, 0.717) is 17.8 Å². The minimum Gasteiger partial charge on any atom is -0.352 e. The fourth-order valence-corrected chi connectivity index (χ4v) is 3.86. The van der Waals surface area contributed by atoms with Gasteiger partial charge in [-0.15, -0.1) is 0 Å². The number of allylic oxidation sites excluding steroid dienone is 6. The van der Waals surface area contributed by atoms with Crippen LogP contribution in [0.25, 0.3) is 0 Å². The van der Waals surface area contributed by atoms with Crippen LogP contribution in [0.5, 0.6) is 0 Å². The van der Waals surface area contributed by atoms with E-state index in [0.717, 1.165) is 19.6 Å². The molecule has 3 unspecified atom stereocenters. The van der Waals surface area contributed by atoms with E-state index in [1.165, 1.54) is 51.4 Å². The van der Waals surface area contributed by atoms with Crippen molar-refractivity contribution in [3.8, 4) is 0 Å². The van der Waals surface area contributed by atoms with Gasteiger partial charge in [-0.25, -0.2) is 0 Å². The van der Waals surface area contributed by atoms with Crippen molar-refractivity contribution in [3.63, 3.8) is 0 Å². The average Bonchev–Trinajstić information content (AvgIpc) is 2.64. The topological polar surface area (TPSA) is 18.5 Å². The van der Waals surface area contributed by atoms with Gasteiger partial charge in [0.15, 0.2) is 6.29 Å². The van der Waals surface area contributed by atoms with Crippen LogP contribution in [-0.4, -0.2) is 19.5 Å². The maximum absolute atomic E-state index is 6.30. The quantitative estimate of drug-likeness (QED) is 0.461.